The minimum absolute atomic E-state index is 0. The number of rotatable bonds is 4. The fourth-order valence-corrected chi connectivity index (χ4v) is 3.75. The van der Waals surface area contributed by atoms with E-state index in [4.69, 9.17) is 14.9 Å². The summed E-state index contributed by atoms with van der Waals surface area (Å²) in [4.78, 5) is 19.2. The molecule has 4 rings (SSSR count). The molecule has 2 aromatic heterocycles. The minimum atomic E-state index is -0.222. The number of fused-ring (bicyclic) bond motifs is 1. The van der Waals surface area contributed by atoms with Gasteiger partial charge >= 0.3 is 0 Å². The first-order valence-electron chi connectivity index (χ1n) is 8.05. The molecule has 0 bridgehead atoms. The van der Waals surface area contributed by atoms with Crippen molar-refractivity contribution in [2.75, 3.05) is 36.5 Å². The number of carbonyl (C=O) groups excluding carboxylic acids is 1. The zero-order chi connectivity index (χ0) is 17.2. The maximum atomic E-state index is 12.3. The molecule has 1 aliphatic rings. The van der Waals surface area contributed by atoms with Gasteiger partial charge in [0.1, 0.15) is 12.0 Å². The van der Waals surface area contributed by atoms with Crippen LogP contribution in [-0.4, -0.2) is 37.2 Å². The number of nitrogens with one attached hydrogen (secondary N) is 1. The molecule has 3 aromatic rings. The topological polar surface area (TPSA) is 93.6 Å². The summed E-state index contributed by atoms with van der Waals surface area (Å²) in [5.74, 6) is 0.360. The minimum Gasteiger partial charge on any atom is -0.467 e. The molecule has 3 N–H and O–H groups in total. The number of thiazole rings is 1. The molecule has 0 aliphatic carbocycles. The largest absolute Gasteiger partial charge is 0.467 e. The molecule has 1 fully saturated rings. The maximum Gasteiger partial charge on any atom is 0.258 e. The first-order chi connectivity index (χ1) is 12.2. The lowest BCUT2D eigenvalue weighted by molar-refractivity contribution is 0.102. The monoisotopic (exact) mass is 430 g/mol. The van der Waals surface area contributed by atoms with Crippen LogP contribution in [0.15, 0.2) is 34.9 Å². The van der Waals surface area contributed by atoms with Gasteiger partial charge in [-0.2, -0.15) is 0 Å². The Hall–Kier alpha value is -1.84. The number of anilines is 2. The van der Waals surface area contributed by atoms with Crippen LogP contribution < -0.4 is 16.0 Å². The summed E-state index contributed by atoms with van der Waals surface area (Å²) in [5, 5.41) is 3.87. The molecule has 1 aliphatic heterocycles. The van der Waals surface area contributed by atoms with Crippen molar-refractivity contribution in [1.29, 1.82) is 0 Å². The second kappa shape index (κ2) is 9.38. The van der Waals surface area contributed by atoms with Gasteiger partial charge in [-0.15, -0.1) is 24.8 Å². The average molecular weight is 431 g/mol. The highest BCUT2D eigenvalue weighted by Gasteiger charge is 2.16. The summed E-state index contributed by atoms with van der Waals surface area (Å²) >= 11 is 1.62. The summed E-state index contributed by atoms with van der Waals surface area (Å²) in [7, 11) is 0. The highest BCUT2D eigenvalue weighted by molar-refractivity contribution is 7.22. The maximum absolute atomic E-state index is 12.3. The predicted octanol–water partition coefficient (Wildman–Crippen LogP) is 3.28. The Morgan fingerprint density at radius 2 is 2.04 bits per heavy atom. The number of hydrogen-bond acceptors (Lipinski definition) is 7. The van der Waals surface area contributed by atoms with Crippen LogP contribution in [0, 0.1) is 0 Å². The van der Waals surface area contributed by atoms with Gasteiger partial charge in [0.2, 0.25) is 0 Å². The first kappa shape index (κ1) is 21.5. The van der Waals surface area contributed by atoms with E-state index in [-0.39, 0.29) is 37.3 Å². The fourth-order valence-electron chi connectivity index (χ4n) is 2.69. The van der Waals surface area contributed by atoms with E-state index in [0.29, 0.717) is 11.3 Å². The summed E-state index contributed by atoms with van der Waals surface area (Å²) < 4.78 is 11.6. The molecule has 7 nitrogen and oxygen atoms in total. The summed E-state index contributed by atoms with van der Waals surface area (Å²) in [6.45, 7) is 3.44. The third kappa shape index (κ3) is 4.72. The Labute approximate surface area is 172 Å². The van der Waals surface area contributed by atoms with E-state index >= 15 is 0 Å². The number of benzene rings is 1. The molecule has 0 saturated carbocycles. The fraction of sp³-hybridized carbons (Fsp3) is 0.294. The number of nitrogens with zero attached hydrogens (tertiary/aromatic N) is 2. The van der Waals surface area contributed by atoms with E-state index in [9.17, 15) is 4.79 Å². The van der Waals surface area contributed by atoms with Crippen molar-refractivity contribution in [3.8, 4) is 0 Å². The van der Waals surface area contributed by atoms with Gasteiger partial charge in [-0.25, -0.2) is 4.98 Å². The summed E-state index contributed by atoms with van der Waals surface area (Å²) in [5.41, 5.74) is 7.61. The van der Waals surface area contributed by atoms with Gasteiger partial charge in [-0.3, -0.25) is 4.79 Å². The van der Waals surface area contributed by atoms with E-state index in [1.807, 2.05) is 18.2 Å². The van der Waals surface area contributed by atoms with Crippen molar-refractivity contribution in [3.63, 3.8) is 0 Å². The van der Waals surface area contributed by atoms with Gasteiger partial charge in [0, 0.05) is 18.8 Å². The second-order valence-electron chi connectivity index (χ2n) is 5.74. The smallest absolute Gasteiger partial charge is 0.258 e. The lowest BCUT2D eigenvalue weighted by atomic mass is 10.2. The number of morpholine rings is 1. The van der Waals surface area contributed by atoms with Crippen molar-refractivity contribution < 1.29 is 13.9 Å². The van der Waals surface area contributed by atoms with Crippen molar-refractivity contribution in [2.45, 2.75) is 6.54 Å². The lowest BCUT2D eigenvalue weighted by Gasteiger charge is -2.25. The highest BCUT2D eigenvalue weighted by atomic mass is 35.5. The molecule has 0 radical (unpaired) electrons. The first-order valence-corrected chi connectivity index (χ1v) is 8.87. The van der Waals surface area contributed by atoms with Crippen LogP contribution in [0.2, 0.25) is 0 Å². The zero-order valence-electron chi connectivity index (χ0n) is 14.3. The Kier molecular flexibility index (Phi) is 7.46. The number of hydrogen-bond donors (Lipinski definition) is 2. The van der Waals surface area contributed by atoms with Crippen LogP contribution in [0.25, 0.3) is 10.2 Å². The van der Waals surface area contributed by atoms with Crippen LogP contribution in [-0.2, 0) is 11.3 Å². The number of amides is 1. The Balaban J connectivity index is 0.00000131. The lowest BCUT2D eigenvalue weighted by Crippen LogP contribution is -2.36. The molecule has 0 unspecified atom stereocenters. The molecule has 1 saturated heterocycles. The number of ether oxygens (including phenoxy) is 1. The molecule has 1 aromatic carbocycles. The van der Waals surface area contributed by atoms with Crippen LogP contribution >= 0.6 is 36.2 Å². The van der Waals surface area contributed by atoms with Gasteiger partial charge in [0.15, 0.2) is 5.13 Å². The normalized spacial score (nSPS) is 13.7. The molecular weight excluding hydrogens is 411 g/mol. The van der Waals surface area contributed by atoms with Crippen LogP contribution in [0.5, 0.6) is 0 Å². The molecule has 0 atom stereocenters. The van der Waals surface area contributed by atoms with Gasteiger partial charge in [0.25, 0.3) is 5.91 Å². The van der Waals surface area contributed by atoms with E-state index in [0.717, 1.165) is 47.3 Å². The second-order valence-corrected chi connectivity index (χ2v) is 6.75. The van der Waals surface area contributed by atoms with E-state index in [2.05, 4.69) is 15.2 Å². The van der Waals surface area contributed by atoms with Crippen LogP contribution in [0.3, 0.4) is 0 Å². The van der Waals surface area contributed by atoms with Crippen molar-refractivity contribution in [3.05, 3.63) is 41.9 Å². The van der Waals surface area contributed by atoms with Crippen LogP contribution in [0.4, 0.5) is 10.8 Å². The van der Waals surface area contributed by atoms with Crippen molar-refractivity contribution >= 4 is 63.1 Å². The molecule has 1 amide bonds. The number of furan rings is 1. The van der Waals surface area contributed by atoms with E-state index in [1.165, 1.54) is 6.26 Å². The van der Waals surface area contributed by atoms with Crippen LogP contribution in [0.1, 0.15) is 16.1 Å². The highest BCUT2D eigenvalue weighted by Crippen LogP contribution is 2.31. The molecule has 27 heavy (non-hydrogen) atoms. The van der Waals surface area contributed by atoms with Gasteiger partial charge in [-0.05, 0) is 24.3 Å². The third-order valence-electron chi connectivity index (χ3n) is 4.03. The Bertz CT molecular complexity index is 909. The van der Waals surface area contributed by atoms with E-state index in [1.54, 1.807) is 17.4 Å². The molecule has 0 spiro atoms. The van der Waals surface area contributed by atoms with Gasteiger partial charge in [0.05, 0.1) is 35.5 Å². The third-order valence-corrected chi connectivity index (χ3v) is 5.11. The van der Waals surface area contributed by atoms with Gasteiger partial charge in [-0.1, -0.05) is 11.3 Å². The molecular formula is C17H20Cl2N4O3S. The SMILES string of the molecule is Cl.Cl.NCc1cc(C(=O)Nc2ccc3nc(N4CCOCC4)sc3c2)co1. The summed E-state index contributed by atoms with van der Waals surface area (Å²) in [6.07, 6.45) is 1.42. The number of nitrogens with two attached hydrogens (primary N) is 1. The zero-order valence-corrected chi connectivity index (χ0v) is 16.8. The molecule has 146 valence electrons. The van der Waals surface area contributed by atoms with Crippen molar-refractivity contribution in [1.82, 2.24) is 4.98 Å². The standard InChI is InChI=1S/C17H18N4O3S.2ClH/c18-9-13-7-11(10-24-13)16(22)19-12-1-2-14-15(8-12)25-17(20-14)21-3-5-23-6-4-21;;/h1-2,7-8,10H,3-6,9,18H2,(H,19,22);2*1H. The quantitative estimate of drug-likeness (QED) is 0.659. The van der Waals surface area contributed by atoms with E-state index < -0.39 is 0 Å². The van der Waals surface area contributed by atoms with Crippen molar-refractivity contribution in [2.24, 2.45) is 5.73 Å². The van der Waals surface area contributed by atoms with Gasteiger partial charge < -0.3 is 25.1 Å². The summed E-state index contributed by atoms with van der Waals surface area (Å²) in [6, 6.07) is 7.37. The molecule has 3 heterocycles. The number of halogens is 2. The Morgan fingerprint density at radius 3 is 2.74 bits per heavy atom. The average Bonchev–Trinajstić information content (AvgIpc) is 3.29. The molecule has 10 heteroatoms. The predicted molar refractivity (Wildman–Crippen MR) is 112 cm³/mol. The number of carbonyl (C=O) groups is 1. The number of aromatic nitrogens is 1. The Morgan fingerprint density at radius 1 is 1.26 bits per heavy atom.